The molecule has 0 saturated carbocycles. The van der Waals surface area contributed by atoms with Gasteiger partial charge in [0, 0.05) is 10.0 Å². The maximum absolute atomic E-state index is 8.65. The van der Waals surface area contributed by atoms with Crippen LogP contribution in [0.25, 0.3) is 22.6 Å². The zero-order chi connectivity index (χ0) is 16.2. The van der Waals surface area contributed by atoms with Gasteiger partial charge in [-0.2, -0.15) is 15.6 Å². The van der Waals surface area contributed by atoms with E-state index < -0.39 is 0 Å². The minimum Gasteiger partial charge on any atom is -0.436 e. The van der Waals surface area contributed by atoms with E-state index in [0.29, 0.717) is 22.7 Å². The summed E-state index contributed by atoms with van der Waals surface area (Å²) in [6, 6.07) is 16.2. The largest absolute Gasteiger partial charge is 0.436 e. The SMILES string of the molecule is N#CC(C#N)=NNc1ccc2oc(-c3cccc(Br)c3)nc2c1. The van der Waals surface area contributed by atoms with Crippen LogP contribution in [0.2, 0.25) is 0 Å². The van der Waals surface area contributed by atoms with Gasteiger partial charge in [0.25, 0.3) is 0 Å². The number of nitrogens with one attached hydrogen (secondary N) is 1. The molecule has 7 heteroatoms. The molecule has 1 aromatic heterocycles. The Balaban J connectivity index is 1.94. The molecule has 0 aliphatic carbocycles. The van der Waals surface area contributed by atoms with E-state index in [1.54, 1.807) is 30.3 Å². The molecule has 3 rings (SSSR count). The van der Waals surface area contributed by atoms with E-state index in [1.807, 2.05) is 24.3 Å². The van der Waals surface area contributed by atoms with Gasteiger partial charge in [0.05, 0.1) is 5.69 Å². The minimum absolute atomic E-state index is 0.250. The molecule has 2 aromatic carbocycles. The van der Waals surface area contributed by atoms with E-state index >= 15 is 0 Å². The molecule has 0 fully saturated rings. The fourth-order valence-electron chi connectivity index (χ4n) is 1.94. The first-order valence-corrected chi connectivity index (χ1v) is 7.29. The van der Waals surface area contributed by atoms with Crippen molar-refractivity contribution in [2.45, 2.75) is 0 Å². The van der Waals surface area contributed by atoms with Gasteiger partial charge in [-0.1, -0.05) is 22.0 Å². The van der Waals surface area contributed by atoms with Gasteiger partial charge in [0.2, 0.25) is 11.6 Å². The van der Waals surface area contributed by atoms with Crippen molar-refractivity contribution in [1.82, 2.24) is 4.98 Å². The van der Waals surface area contributed by atoms with E-state index in [-0.39, 0.29) is 5.71 Å². The van der Waals surface area contributed by atoms with Crippen molar-refractivity contribution in [2.75, 3.05) is 5.43 Å². The molecule has 0 bridgehead atoms. The van der Waals surface area contributed by atoms with Crippen LogP contribution in [0.3, 0.4) is 0 Å². The number of halogens is 1. The summed E-state index contributed by atoms with van der Waals surface area (Å²) in [6.07, 6.45) is 0. The summed E-state index contributed by atoms with van der Waals surface area (Å²) in [5.74, 6) is 0.511. The van der Waals surface area contributed by atoms with Gasteiger partial charge in [0.15, 0.2) is 5.58 Å². The summed E-state index contributed by atoms with van der Waals surface area (Å²) >= 11 is 3.42. The monoisotopic (exact) mass is 365 g/mol. The first-order chi connectivity index (χ1) is 11.2. The van der Waals surface area contributed by atoms with Crippen molar-refractivity contribution in [3.05, 3.63) is 46.9 Å². The lowest BCUT2D eigenvalue weighted by molar-refractivity contribution is 0.620. The molecular formula is C16H8BrN5O. The fraction of sp³-hybridized carbons (Fsp3) is 0. The van der Waals surface area contributed by atoms with Crippen molar-refractivity contribution in [3.63, 3.8) is 0 Å². The summed E-state index contributed by atoms with van der Waals surface area (Å²) in [7, 11) is 0. The highest BCUT2D eigenvalue weighted by Crippen LogP contribution is 2.27. The standard InChI is InChI=1S/C16H8BrN5O/c17-11-3-1-2-10(6-11)16-20-14-7-12(4-5-15(14)23-16)21-22-13(8-18)9-19/h1-7,21H. The van der Waals surface area contributed by atoms with Crippen LogP contribution in [0.5, 0.6) is 0 Å². The molecule has 0 spiro atoms. The maximum Gasteiger partial charge on any atom is 0.237 e. The molecule has 110 valence electrons. The molecule has 1 heterocycles. The van der Waals surface area contributed by atoms with Crippen LogP contribution in [-0.2, 0) is 0 Å². The molecule has 6 nitrogen and oxygen atoms in total. The summed E-state index contributed by atoms with van der Waals surface area (Å²) in [6.45, 7) is 0. The number of fused-ring (bicyclic) bond motifs is 1. The molecule has 0 aliphatic rings. The summed E-state index contributed by atoms with van der Waals surface area (Å²) in [5, 5.41) is 21.0. The Morgan fingerprint density at radius 2 is 2.00 bits per heavy atom. The number of nitriles is 2. The van der Waals surface area contributed by atoms with E-state index in [9.17, 15) is 0 Å². The predicted octanol–water partition coefficient (Wildman–Crippen LogP) is 4.07. The molecule has 1 N–H and O–H groups in total. The van der Waals surface area contributed by atoms with Gasteiger partial charge in [-0.3, -0.25) is 5.43 Å². The van der Waals surface area contributed by atoms with Gasteiger partial charge in [-0.25, -0.2) is 4.98 Å². The van der Waals surface area contributed by atoms with Crippen molar-refractivity contribution in [2.24, 2.45) is 5.10 Å². The predicted molar refractivity (Wildman–Crippen MR) is 89.4 cm³/mol. The van der Waals surface area contributed by atoms with Crippen LogP contribution in [0.4, 0.5) is 5.69 Å². The van der Waals surface area contributed by atoms with Gasteiger partial charge >= 0.3 is 0 Å². The molecule has 0 radical (unpaired) electrons. The number of anilines is 1. The molecular weight excluding hydrogens is 358 g/mol. The average molecular weight is 366 g/mol. The first-order valence-electron chi connectivity index (χ1n) is 6.50. The average Bonchev–Trinajstić information content (AvgIpc) is 2.99. The second-order valence-electron chi connectivity index (χ2n) is 4.51. The van der Waals surface area contributed by atoms with E-state index in [2.05, 4.69) is 31.4 Å². The molecule has 23 heavy (non-hydrogen) atoms. The van der Waals surface area contributed by atoms with Gasteiger partial charge in [0.1, 0.15) is 17.7 Å². The molecule has 0 atom stereocenters. The Kier molecular flexibility index (Phi) is 4.05. The lowest BCUT2D eigenvalue weighted by Gasteiger charge is -1.97. The topological polar surface area (TPSA) is 98.0 Å². The van der Waals surface area contributed by atoms with Crippen LogP contribution in [0.1, 0.15) is 0 Å². The van der Waals surface area contributed by atoms with Crippen LogP contribution in [-0.4, -0.2) is 10.7 Å². The van der Waals surface area contributed by atoms with Crippen LogP contribution in [0.15, 0.2) is 56.5 Å². The number of benzene rings is 2. The number of hydrogen-bond acceptors (Lipinski definition) is 6. The fourth-order valence-corrected chi connectivity index (χ4v) is 2.34. The highest BCUT2D eigenvalue weighted by atomic mass is 79.9. The zero-order valence-electron chi connectivity index (χ0n) is 11.6. The summed E-state index contributed by atoms with van der Waals surface area (Å²) in [5.41, 5.74) is 5.15. The number of hydrogen-bond donors (Lipinski definition) is 1. The quantitative estimate of drug-likeness (QED) is 0.557. The van der Waals surface area contributed by atoms with Crippen molar-refractivity contribution in [1.29, 1.82) is 10.5 Å². The van der Waals surface area contributed by atoms with Crippen LogP contribution in [0, 0.1) is 22.7 Å². The van der Waals surface area contributed by atoms with Gasteiger partial charge in [-0.05, 0) is 36.4 Å². The van der Waals surface area contributed by atoms with Crippen molar-refractivity contribution < 1.29 is 4.42 Å². The lowest BCUT2D eigenvalue weighted by Crippen LogP contribution is -1.95. The third kappa shape index (κ3) is 3.20. The van der Waals surface area contributed by atoms with Gasteiger partial charge < -0.3 is 4.42 Å². The zero-order valence-corrected chi connectivity index (χ0v) is 13.2. The maximum atomic E-state index is 8.65. The number of hydrazone groups is 1. The highest BCUT2D eigenvalue weighted by Gasteiger charge is 2.09. The van der Waals surface area contributed by atoms with Crippen LogP contribution >= 0.6 is 15.9 Å². The Bertz CT molecular complexity index is 978. The van der Waals surface area contributed by atoms with E-state index in [0.717, 1.165) is 10.0 Å². The number of oxazole rings is 1. The summed E-state index contributed by atoms with van der Waals surface area (Å²) < 4.78 is 6.67. The Hall–Kier alpha value is -3.16. The second kappa shape index (κ2) is 6.30. The molecule has 0 amide bonds. The van der Waals surface area contributed by atoms with Crippen molar-refractivity contribution in [3.8, 4) is 23.6 Å². The van der Waals surface area contributed by atoms with E-state index in [1.165, 1.54) is 0 Å². The Morgan fingerprint density at radius 1 is 1.17 bits per heavy atom. The smallest absolute Gasteiger partial charge is 0.237 e. The molecule has 0 unspecified atom stereocenters. The molecule has 0 saturated heterocycles. The Morgan fingerprint density at radius 3 is 2.74 bits per heavy atom. The number of aromatic nitrogens is 1. The summed E-state index contributed by atoms with van der Waals surface area (Å²) in [4.78, 5) is 4.45. The first kappa shape index (κ1) is 14.8. The van der Waals surface area contributed by atoms with E-state index in [4.69, 9.17) is 14.9 Å². The van der Waals surface area contributed by atoms with Crippen molar-refractivity contribution >= 4 is 38.4 Å². The molecule has 3 aromatic rings. The van der Waals surface area contributed by atoms with Gasteiger partial charge in [-0.15, -0.1) is 0 Å². The lowest BCUT2D eigenvalue weighted by atomic mass is 10.2. The number of rotatable bonds is 3. The second-order valence-corrected chi connectivity index (χ2v) is 5.42. The highest BCUT2D eigenvalue weighted by molar-refractivity contribution is 9.10. The normalized spacial score (nSPS) is 9.87. The Labute approximate surface area is 139 Å². The van der Waals surface area contributed by atoms with Crippen LogP contribution < -0.4 is 5.43 Å². The third-order valence-corrected chi connectivity index (χ3v) is 3.46. The molecule has 0 aliphatic heterocycles. The minimum atomic E-state index is -0.250. The third-order valence-electron chi connectivity index (χ3n) is 2.97. The number of nitrogens with zero attached hydrogens (tertiary/aromatic N) is 4.